The Labute approximate surface area is 128 Å². The number of hydrogen-bond acceptors (Lipinski definition) is 3. The molecule has 2 aromatic rings. The number of aromatic carboxylic acids is 1. The van der Waals surface area contributed by atoms with Gasteiger partial charge in [0.15, 0.2) is 0 Å². The van der Waals surface area contributed by atoms with Crippen molar-refractivity contribution in [3.63, 3.8) is 0 Å². The van der Waals surface area contributed by atoms with Gasteiger partial charge in [-0.05, 0) is 36.8 Å². The minimum Gasteiger partial charge on any atom is -0.493 e. The third-order valence-electron chi connectivity index (χ3n) is 3.09. The van der Waals surface area contributed by atoms with E-state index in [4.69, 9.17) is 9.84 Å². The summed E-state index contributed by atoms with van der Waals surface area (Å²) in [5, 5.41) is 11.6. The standard InChI is InChI=1S/C17H17NO4/c1-2-22-15-6-4-3-5-14(15)16(19)18-11-12-7-9-13(10-8-12)17(20)21/h3-10H,2,11H2,1H3,(H,18,19)(H,20,21). The van der Waals surface area contributed by atoms with Crippen LogP contribution in [0.25, 0.3) is 0 Å². The second-order valence-corrected chi connectivity index (χ2v) is 4.61. The number of nitrogens with one attached hydrogen (secondary N) is 1. The van der Waals surface area contributed by atoms with Crippen molar-refractivity contribution >= 4 is 11.9 Å². The first-order valence-corrected chi connectivity index (χ1v) is 6.94. The van der Waals surface area contributed by atoms with Crippen LogP contribution in [0.4, 0.5) is 0 Å². The fourth-order valence-corrected chi connectivity index (χ4v) is 1.98. The van der Waals surface area contributed by atoms with Crippen LogP contribution < -0.4 is 10.1 Å². The summed E-state index contributed by atoms with van der Waals surface area (Å²) in [5.74, 6) is -0.656. The summed E-state index contributed by atoms with van der Waals surface area (Å²) in [6, 6.07) is 13.4. The molecule has 2 rings (SSSR count). The van der Waals surface area contributed by atoms with Crippen LogP contribution in [0.2, 0.25) is 0 Å². The molecule has 0 heterocycles. The molecule has 5 nitrogen and oxygen atoms in total. The Morgan fingerprint density at radius 2 is 1.77 bits per heavy atom. The highest BCUT2D eigenvalue weighted by Gasteiger charge is 2.11. The molecule has 22 heavy (non-hydrogen) atoms. The minimum atomic E-state index is -0.971. The molecule has 1 amide bonds. The lowest BCUT2D eigenvalue weighted by Crippen LogP contribution is -2.23. The summed E-state index contributed by atoms with van der Waals surface area (Å²) in [6.45, 7) is 2.67. The van der Waals surface area contributed by atoms with Gasteiger partial charge in [-0.25, -0.2) is 4.79 Å². The van der Waals surface area contributed by atoms with E-state index in [1.807, 2.05) is 13.0 Å². The van der Waals surface area contributed by atoms with Crippen LogP contribution in [0.15, 0.2) is 48.5 Å². The van der Waals surface area contributed by atoms with E-state index in [-0.39, 0.29) is 11.5 Å². The number of hydrogen-bond donors (Lipinski definition) is 2. The number of carbonyl (C=O) groups excluding carboxylic acids is 1. The molecule has 0 fully saturated rings. The lowest BCUT2D eigenvalue weighted by molar-refractivity contribution is 0.0696. The molecular weight excluding hydrogens is 282 g/mol. The van der Waals surface area contributed by atoms with E-state index in [1.165, 1.54) is 12.1 Å². The van der Waals surface area contributed by atoms with E-state index in [0.717, 1.165) is 5.56 Å². The second-order valence-electron chi connectivity index (χ2n) is 4.61. The molecule has 0 radical (unpaired) electrons. The summed E-state index contributed by atoms with van der Waals surface area (Å²) < 4.78 is 5.43. The molecule has 0 aliphatic carbocycles. The van der Waals surface area contributed by atoms with Crippen molar-refractivity contribution in [3.05, 3.63) is 65.2 Å². The van der Waals surface area contributed by atoms with Gasteiger partial charge < -0.3 is 15.2 Å². The molecule has 0 unspecified atom stereocenters. The van der Waals surface area contributed by atoms with E-state index < -0.39 is 5.97 Å². The van der Waals surface area contributed by atoms with Crippen LogP contribution in [-0.4, -0.2) is 23.6 Å². The van der Waals surface area contributed by atoms with Crippen molar-refractivity contribution in [1.29, 1.82) is 0 Å². The van der Waals surface area contributed by atoms with Crippen LogP contribution in [-0.2, 0) is 6.54 Å². The van der Waals surface area contributed by atoms with Crippen molar-refractivity contribution in [3.8, 4) is 5.75 Å². The van der Waals surface area contributed by atoms with Gasteiger partial charge in [-0.3, -0.25) is 4.79 Å². The summed E-state index contributed by atoms with van der Waals surface area (Å²) in [4.78, 5) is 23.0. The van der Waals surface area contributed by atoms with Crippen molar-refractivity contribution in [1.82, 2.24) is 5.32 Å². The minimum absolute atomic E-state index is 0.219. The van der Waals surface area contributed by atoms with Crippen molar-refractivity contribution in [2.24, 2.45) is 0 Å². The SMILES string of the molecule is CCOc1ccccc1C(=O)NCc1ccc(C(=O)O)cc1. The molecule has 0 aliphatic rings. The van der Waals surface area contributed by atoms with E-state index in [1.54, 1.807) is 30.3 Å². The van der Waals surface area contributed by atoms with Gasteiger partial charge in [-0.15, -0.1) is 0 Å². The number of rotatable bonds is 6. The number of carboxylic acids is 1. The molecule has 0 bridgehead atoms. The molecule has 0 atom stereocenters. The molecule has 2 aromatic carbocycles. The Balaban J connectivity index is 2.02. The number of ether oxygens (including phenoxy) is 1. The third kappa shape index (κ3) is 3.85. The first kappa shape index (κ1) is 15.6. The largest absolute Gasteiger partial charge is 0.493 e. The van der Waals surface area contributed by atoms with Crippen LogP contribution in [0.5, 0.6) is 5.75 Å². The Bertz CT molecular complexity index is 665. The van der Waals surface area contributed by atoms with Gasteiger partial charge in [0.05, 0.1) is 17.7 Å². The zero-order valence-electron chi connectivity index (χ0n) is 12.2. The summed E-state index contributed by atoms with van der Waals surface area (Å²) in [7, 11) is 0. The molecule has 0 aromatic heterocycles. The maximum absolute atomic E-state index is 12.2. The molecule has 0 aliphatic heterocycles. The highest BCUT2D eigenvalue weighted by Crippen LogP contribution is 2.17. The van der Waals surface area contributed by atoms with Gasteiger partial charge in [0.25, 0.3) is 5.91 Å². The topological polar surface area (TPSA) is 75.6 Å². The Morgan fingerprint density at radius 1 is 1.09 bits per heavy atom. The first-order chi connectivity index (χ1) is 10.6. The number of carboxylic acid groups (broad SMARTS) is 1. The van der Waals surface area contributed by atoms with E-state index in [0.29, 0.717) is 24.5 Å². The highest BCUT2D eigenvalue weighted by atomic mass is 16.5. The molecular formula is C17H17NO4. The van der Waals surface area contributed by atoms with Crippen molar-refractivity contribution in [2.45, 2.75) is 13.5 Å². The Hall–Kier alpha value is -2.82. The van der Waals surface area contributed by atoms with Gasteiger partial charge in [0.1, 0.15) is 5.75 Å². The zero-order chi connectivity index (χ0) is 15.9. The maximum atomic E-state index is 12.2. The first-order valence-electron chi connectivity index (χ1n) is 6.94. The van der Waals surface area contributed by atoms with Gasteiger partial charge in [0.2, 0.25) is 0 Å². The fraction of sp³-hybridized carbons (Fsp3) is 0.176. The van der Waals surface area contributed by atoms with Gasteiger partial charge in [-0.1, -0.05) is 24.3 Å². The smallest absolute Gasteiger partial charge is 0.335 e. The monoisotopic (exact) mass is 299 g/mol. The predicted molar refractivity (Wildman–Crippen MR) is 82.2 cm³/mol. The maximum Gasteiger partial charge on any atom is 0.335 e. The summed E-state index contributed by atoms with van der Waals surface area (Å²) >= 11 is 0. The molecule has 2 N–H and O–H groups in total. The fourth-order valence-electron chi connectivity index (χ4n) is 1.98. The van der Waals surface area contributed by atoms with E-state index in [9.17, 15) is 9.59 Å². The quantitative estimate of drug-likeness (QED) is 0.860. The van der Waals surface area contributed by atoms with E-state index >= 15 is 0 Å². The molecule has 0 spiro atoms. The molecule has 0 saturated carbocycles. The van der Waals surface area contributed by atoms with Crippen LogP contribution in [0.3, 0.4) is 0 Å². The van der Waals surface area contributed by atoms with Crippen molar-refractivity contribution in [2.75, 3.05) is 6.61 Å². The second kappa shape index (κ2) is 7.26. The van der Waals surface area contributed by atoms with Gasteiger partial charge in [-0.2, -0.15) is 0 Å². The Morgan fingerprint density at radius 3 is 2.41 bits per heavy atom. The lowest BCUT2D eigenvalue weighted by Gasteiger charge is -2.10. The molecule has 114 valence electrons. The van der Waals surface area contributed by atoms with Gasteiger partial charge in [0, 0.05) is 6.54 Å². The molecule has 5 heteroatoms. The number of carbonyl (C=O) groups is 2. The van der Waals surface area contributed by atoms with Gasteiger partial charge >= 0.3 is 5.97 Å². The average Bonchev–Trinajstić information content (AvgIpc) is 2.54. The van der Waals surface area contributed by atoms with E-state index in [2.05, 4.69) is 5.32 Å². The van der Waals surface area contributed by atoms with Crippen molar-refractivity contribution < 1.29 is 19.4 Å². The lowest BCUT2D eigenvalue weighted by atomic mass is 10.1. The highest BCUT2D eigenvalue weighted by molar-refractivity contribution is 5.96. The van der Waals surface area contributed by atoms with Crippen LogP contribution in [0, 0.1) is 0 Å². The zero-order valence-corrected chi connectivity index (χ0v) is 12.2. The summed E-state index contributed by atoms with van der Waals surface area (Å²) in [5.41, 5.74) is 1.52. The normalized spacial score (nSPS) is 10.0. The molecule has 0 saturated heterocycles. The third-order valence-corrected chi connectivity index (χ3v) is 3.09. The number of benzene rings is 2. The average molecular weight is 299 g/mol. The summed E-state index contributed by atoms with van der Waals surface area (Å²) in [6.07, 6.45) is 0. The number of para-hydroxylation sites is 1. The van der Waals surface area contributed by atoms with Crippen LogP contribution >= 0.6 is 0 Å². The predicted octanol–water partition coefficient (Wildman–Crippen LogP) is 2.71. The Kier molecular flexibility index (Phi) is 5.14. The van der Waals surface area contributed by atoms with Crippen LogP contribution in [0.1, 0.15) is 33.2 Å². The number of amides is 1.